The predicted octanol–water partition coefficient (Wildman–Crippen LogP) is 0.849. The van der Waals surface area contributed by atoms with E-state index in [0.29, 0.717) is 11.3 Å². The first-order chi connectivity index (χ1) is 8.99. The maximum absolute atomic E-state index is 11.4. The molecule has 1 rings (SSSR count). The number of nitrogens with zero attached hydrogens (tertiary/aromatic N) is 2. The minimum absolute atomic E-state index is 0.127. The first-order valence-electron chi connectivity index (χ1n) is 5.61. The first kappa shape index (κ1) is 15.4. The highest BCUT2D eigenvalue weighted by atomic mass is 16.6. The Labute approximate surface area is 111 Å². The summed E-state index contributed by atoms with van der Waals surface area (Å²) in [6.45, 7) is 1.86. The van der Waals surface area contributed by atoms with Crippen molar-refractivity contribution in [3.8, 4) is 5.75 Å². The number of esters is 1. The second-order valence-electron chi connectivity index (χ2n) is 3.90. The van der Waals surface area contributed by atoms with Gasteiger partial charge in [0.05, 0.1) is 13.3 Å². The summed E-state index contributed by atoms with van der Waals surface area (Å²) < 4.78 is 15.0. The van der Waals surface area contributed by atoms with Gasteiger partial charge in [-0.2, -0.15) is 5.06 Å². The van der Waals surface area contributed by atoms with Gasteiger partial charge in [0.2, 0.25) is 0 Å². The molecule has 1 atom stereocenters. The predicted molar refractivity (Wildman–Crippen MR) is 66.2 cm³/mol. The Morgan fingerprint density at radius 2 is 2.21 bits per heavy atom. The Morgan fingerprint density at radius 3 is 2.68 bits per heavy atom. The third-order valence-electron chi connectivity index (χ3n) is 2.51. The number of ether oxygens (including phenoxy) is 3. The van der Waals surface area contributed by atoms with E-state index in [9.17, 15) is 10.0 Å². The van der Waals surface area contributed by atoms with Gasteiger partial charge in [0, 0.05) is 14.2 Å². The summed E-state index contributed by atoms with van der Waals surface area (Å²) in [7, 11) is 4.22. The van der Waals surface area contributed by atoms with Crippen molar-refractivity contribution in [2.45, 2.75) is 13.2 Å². The molecular formula is C12H18N2O5. The molecule has 7 heteroatoms. The van der Waals surface area contributed by atoms with Gasteiger partial charge in [0.25, 0.3) is 0 Å². The molecule has 0 amide bonds. The van der Waals surface area contributed by atoms with Crippen LogP contribution in [0.4, 0.5) is 0 Å². The molecule has 0 radical (unpaired) electrons. The molecule has 106 valence electrons. The second kappa shape index (κ2) is 7.03. The standard InChI is InChI=1S/C12H18N2O5/c1-8-5-9(6-13-11(8)12(15)18-4)19-7-10(17-3)14(2)16/h5-6,10,16H,7H2,1-4H3. The molecule has 1 aromatic rings. The molecule has 1 heterocycles. The highest BCUT2D eigenvalue weighted by molar-refractivity contribution is 5.88. The van der Waals surface area contributed by atoms with Crippen molar-refractivity contribution in [2.75, 3.05) is 27.9 Å². The number of aryl methyl sites for hydroxylation is 1. The van der Waals surface area contributed by atoms with E-state index in [1.54, 1.807) is 13.0 Å². The lowest BCUT2D eigenvalue weighted by atomic mass is 10.2. The maximum atomic E-state index is 11.4. The summed E-state index contributed by atoms with van der Waals surface area (Å²) in [5, 5.41) is 10.2. The van der Waals surface area contributed by atoms with Crippen molar-refractivity contribution in [1.82, 2.24) is 10.0 Å². The van der Waals surface area contributed by atoms with Gasteiger partial charge in [-0.15, -0.1) is 0 Å². The number of aromatic nitrogens is 1. The summed E-state index contributed by atoms with van der Waals surface area (Å²) in [6, 6.07) is 1.67. The molecule has 0 aliphatic rings. The lowest BCUT2D eigenvalue weighted by molar-refractivity contribution is -0.198. The summed E-state index contributed by atoms with van der Waals surface area (Å²) >= 11 is 0. The fraction of sp³-hybridized carbons (Fsp3) is 0.500. The minimum atomic E-state index is -0.583. The molecule has 19 heavy (non-hydrogen) atoms. The topological polar surface area (TPSA) is 81.1 Å². The van der Waals surface area contributed by atoms with Gasteiger partial charge in [-0.1, -0.05) is 0 Å². The number of methoxy groups -OCH3 is 2. The van der Waals surface area contributed by atoms with Crippen LogP contribution in [0.5, 0.6) is 5.75 Å². The summed E-state index contributed by atoms with van der Waals surface area (Å²) in [5.74, 6) is -0.0111. The number of pyridine rings is 1. The number of hydrogen-bond donors (Lipinski definition) is 1. The van der Waals surface area contributed by atoms with Crippen LogP contribution in [0.25, 0.3) is 0 Å². The van der Waals surface area contributed by atoms with Crippen molar-refractivity contribution < 1.29 is 24.2 Å². The highest BCUT2D eigenvalue weighted by Gasteiger charge is 2.14. The Balaban J connectivity index is 2.71. The molecule has 0 bridgehead atoms. The molecule has 0 aliphatic heterocycles. The van der Waals surface area contributed by atoms with E-state index < -0.39 is 12.2 Å². The second-order valence-corrected chi connectivity index (χ2v) is 3.90. The van der Waals surface area contributed by atoms with E-state index in [1.807, 2.05) is 0 Å². The van der Waals surface area contributed by atoms with Crippen LogP contribution in [0, 0.1) is 6.92 Å². The molecular weight excluding hydrogens is 252 g/mol. The van der Waals surface area contributed by atoms with Crippen LogP contribution in [0.3, 0.4) is 0 Å². The van der Waals surface area contributed by atoms with E-state index in [0.717, 1.165) is 5.06 Å². The molecule has 7 nitrogen and oxygen atoms in total. The van der Waals surface area contributed by atoms with E-state index in [-0.39, 0.29) is 12.3 Å². The van der Waals surface area contributed by atoms with Crippen molar-refractivity contribution in [3.05, 3.63) is 23.5 Å². The van der Waals surface area contributed by atoms with Gasteiger partial charge >= 0.3 is 5.97 Å². The lowest BCUT2D eigenvalue weighted by Crippen LogP contribution is -2.35. The number of carbonyl (C=O) groups is 1. The smallest absolute Gasteiger partial charge is 0.356 e. The van der Waals surface area contributed by atoms with E-state index in [2.05, 4.69) is 9.72 Å². The zero-order valence-electron chi connectivity index (χ0n) is 11.4. The van der Waals surface area contributed by atoms with Crippen molar-refractivity contribution in [3.63, 3.8) is 0 Å². The molecule has 1 N–H and O–H groups in total. The average Bonchev–Trinajstić information content (AvgIpc) is 2.38. The lowest BCUT2D eigenvalue weighted by Gasteiger charge is -2.21. The fourth-order valence-corrected chi connectivity index (χ4v) is 1.43. The molecule has 1 aromatic heterocycles. The zero-order valence-corrected chi connectivity index (χ0v) is 11.4. The Morgan fingerprint density at radius 1 is 1.53 bits per heavy atom. The number of rotatable bonds is 6. The van der Waals surface area contributed by atoms with Gasteiger partial charge in [-0.25, -0.2) is 9.78 Å². The highest BCUT2D eigenvalue weighted by Crippen LogP contribution is 2.15. The van der Waals surface area contributed by atoms with Crippen LogP contribution < -0.4 is 4.74 Å². The van der Waals surface area contributed by atoms with Crippen LogP contribution >= 0.6 is 0 Å². The molecule has 0 saturated carbocycles. The van der Waals surface area contributed by atoms with Crippen LogP contribution in [-0.2, 0) is 9.47 Å². The molecule has 0 spiro atoms. The van der Waals surface area contributed by atoms with Gasteiger partial charge in [-0.3, -0.25) is 0 Å². The molecule has 0 aromatic carbocycles. The number of hydrogen-bond acceptors (Lipinski definition) is 7. The maximum Gasteiger partial charge on any atom is 0.356 e. The Hall–Kier alpha value is -1.70. The molecule has 0 fully saturated rings. The monoisotopic (exact) mass is 270 g/mol. The van der Waals surface area contributed by atoms with Crippen LogP contribution in [0.15, 0.2) is 12.3 Å². The van der Waals surface area contributed by atoms with Gasteiger partial charge in [-0.05, 0) is 18.6 Å². The van der Waals surface area contributed by atoms with Crippen LogP contribution in [0.2, 0.25) is 0 Å². The van der Waals surface area contributed by atoms with E-state index >= 15 is 0 Å². The largest absolute Gasteiger partial charge is 0.488 e. The van der Waals surface area contributed by atoms with Gasteiger partial charge < -0.3 is 19.4 Å². The summed E-state index contributed by atoms with van der Waals surface area (Å²) in [6.07, 6.45) is 0.837. The molecule has 1 unspecified atom stereocenters. The fourth-order valence-electron chi connectivity index (χ4n) is 1.43. The quantitative estimate of drug-likeness (QED) is 0.466. The first-order valence-corrected chi connectivity index (χ1v) is 5.61. The van der Waals surface area contributed by atoms with E-state index in [1.165, 1.54) is 27.5 Å². The number of hydroxylamine groups is 2. The van der Waals surface area contributed by atoms with E-state index in [4.69, 9.17) is 9.47 Å². The van der Waals surface area contributed by atoms with Crippen LogP contribution in [-0.4, -0.2) is 55.3 Å². The van der Waals surface area contributed by atoms with Crippen molar-refractivity contribution in [1.29, 1.82) is 0 Å². The Bertz CT molecular complexity index is 436. The zero-order chi connectivity index (χ0) is 14.4. The van der Waals surface area contributed by atoms with Crippen molar-refractivity contribution in [2.24, 2.45) is 0 Å². The SMILES string of the molecule is COC(=O)c1ncc(OCC(OC)N(C)O)cc1C. The number of likely N-dealkylation sites (N-methyl/N-ethyl adjacent to an activating group) is 1. The third kappa shape index (κ3) is 4.16. The van der Waals surface area contributed by atoms with Crippen molar-refractivity contribution >= 4 is 5.97 Å². The molecule has 0 saturated heterocycles. The summed E-state index contributed by atoms with van der Waals surface area (Å²) in [5.41, 5.74) is 0.896. The Kier molecular flexibility index (Phi) is 5.68. The average molecular weight is 270 g/mol. The third-order valence-corrected chi connectivity index (χ3v) is 2.51. The summed E-state index contributed by atoms with van der Waals surface area (Å²) in [4.78, 5) is 15.3. The molecule has 0 aliphatic carbocycles. The van der Waals surface area contributed by atoms with Gasteiger partial charge in [0.1, 0.15) is 12.4 Å². The number of carbonyl (C=O) groups excluding carboxylic acids is 1. The van der Waals surface area contributed by atoms with Crippen LogP contribution in [0.1, 0.15) is 16.1 Å². The minimum Gasteiger partial charge on any atom is -0.488 e. The normalized spacial score (nSPS) is 12.3. The van der Waals surface area contributed by atoms with Gasteiger partial charge in [0.15, 0.2) is 11.9 Å².